The maximum absolute atomic E-state index is 14.6. The number of nitrogens with zero attached hydrogens (tertiary/aromatic N) is 3. The van der Waals surface area contributed by atoms with Gasteiger partial charge in [-0.15, -0.1) is 0 Å². The van der Waals surface area contributed by atoms with Gasteiger partial charge in [0.05, 0.1) is 28.0 Å². The van der Waals surface area contributed by atoms with Crippen LogP contribution in [0.2, 0.25) is 0 Å². The van der Waals surface area contributed by atoms with Crippen LogP contribution in [0.15, 0.2) is 45.7 Å². The van der Waals surface area contributed by atoms with Crippen molar-refractivity contribution in [3.05, 3.63) is 63.9 Å². The van der Waals surface area contributed by atoms with Crippen LogP contribution in [0.4, 0.5) is 22.7 Å². The molecule has 0 saturated heterocycles. The highest BCUT2D eigenvalue weighted by Gasteiger charge is 2.31. The molecule has 168 valence electrons. The zero-order chi connectivity index (χ0) is 22.9. The van der Waals surface area contributed by atoms with E-state index in [1.54, 1.807) is 11.0 Å². The van der Waals surface area contributed by atoms with Gasteiger partial charge in [-0.25, -0.2) is 14.2 Å². The Balaban J connectivity index is 1.63. The van der Waals surface area contributed by atoms with Crippen LogP contribution in [0.5, 0.6) is 0 Å². The molecule has 4 aromatic rings. The van der Waals surface area contributed by atoms with Crippen LogP contribution >= 0.6 is 11.3 Å². The molecule has 0 saturated carbocycles. The minimum Gasteiger partial charge on any atom is -0.383 e. The molecule has 7 nitrogen and oxygen atoms in total. The predicted molar refractivity (Wildman–Crippen MR) is 110 cm³/mol. The van der Waals surface area contributed by atoms with E-state index >= 15 is 0 Å². The van der Waals surface area contributed by atoms with Crippen LogP contribution < -0.4 is 10.7 Å². The van der Waals surface area contributed by atoms with Crippen molar-refractivity contribution in [3.8, 4) is 11.4 Å². The summed E-state index contributed by atoms with van der Waals surface area (Å²) in [5.41, 5.74) is 0.357. The largest absolute Gasteiger partial charge is 0.439 e. The molecule has 2 aromatic heterocycles. The molecule has 0 spiro atoms. The third kappa shape index (κ3) is 4.65. The number of halogens is 4. The minimum atomic E-state index is -4.44. The Labute approximate surface area is 182 Å². The second kappa shape index (κ2) is 8.71. The number of fused-ring (bicyclic) bond motifs is 1. The normalized spacial score (nSPS) is 11.9. The number of aromatic amines is 1. The number of methoxy groups -OCH3 is 1. The number of hydrogen-bond donors (Lipinski definition) is 1. The second-order valence-electron chi connectivity index (χ2n) is 6.85. The number of H-pyrrole nitrogens is 1. The van der Waals surface area contributed by atoms with Gasteiger partial charge in [-0.1, -0.05) is 22.6 Å². The van der Waals surface area contributed by atoms with E-state index in [-0.39, 0.29) is 17.9 Å². The molecule has 1 N–H and O–H groups in total. The highest BCUT2D eigenvalue weighted by molar-refractivity contribution is 7.22. The molecule has 32 heavy (non-hydrogen) atoms. The maximum Gasteiger partial charge on any atom is 0.439 e. The lowest BCUT2D eigenvalue weighted by molar-refractivity contribution is -0.137. The van der Waals surface area contributed by atoms with Gasteiger partial charge in [-0.3, -0.25) is 9.51 Å². The van der Waals surface area contributed by atoms with Crippen molar-refractivity contribution in [2.45, 2.75) is 12.7 Å². The lowest BCUT2D eigenvalue weighted by atomic mass is 10.1. The zero-order valence-corrected chi connectivity index (χ0v) is 17.4. The van der Waals surface area contributed by atoms with Gasteiger partial charge < -0.3 is 9.64 Å². The molecule has 0 radical (unpaired) electrons. The minimum absolute atomic E-state index is 0.0260. The highest BCUT2D eigenvalue weighted by Crippen LogP contribution is 2.35. The zero-order valence-electron chi connectivity index (χ0n) is 16.6. The number of ether oxygens (including phenoxy) is 1. The molecule has 0 aliphatic rings. The average molecular weight is 468 g/mol. The summed E-state index contributed by atoms with van der Waals surface area (Å²) in [7, 11) is 1.53. The van der Waals surface area contributed by atoms with E-state index < -0.39 is 23.3 Å². The monoisotopic (exact) mass is 468 g/mol. The topological polar surface area (TPSA) is 84.2 Å². The number of aromatic nitrogens is 3. The van der Waals surface area contributed by atoms with E-state index in [1.165, 1.54) is 25.3 Å². The molecule has 12 heteroatoms. The van der Waals surface area contributed by atoms with Crippen molar-refractivity contribution in [2.24, 2.45) is 0 Å². The summed E-state index contributed by atoms with van der Waals surface area (Å²) >= 11 is 1.12. The van der Waals surface area contributed by atoms with E-state index in [2.05, 4.69) is 19.6 Å². The van der Waals surface area contributed by atoms with Crippen LogP contribution in [0.3, 0.4) is 0 Å². The number of alkyl halides is 3. The Morgan fingerprint density at radius 3 is 2.69 bits per heavy atom. The molecule has 2 aromatic carbocycles. The summed E-state index contributed by atoms with van der Waals surface area (Å²) < 4.78 is 63.6. The van der Waals surface area contributed by atoms with Crippen molar-refractivity contribution < 1.29 is 26.8 Å². The Morgan fingerprint density at radius 1 is 1.22 bits per heavy atom. The molecule has 0 fully saturated rings. The lowest BCUT2D eigenvalue weighted by Gasteiger charge is -2.21. The number of anilines is 1. The number of hydrogen-bond acceptors (Lipinski definition) is 7. The van der Waals surface area contributed by atoms with Crippen molar-refractivity contribution in [3.63, 3.8) is 0 Å². The van der Waals surface area contributed by atoms with E-state index in [0.29, 0.717) is 34.1 Å². The van der Waals surface area contributed by atoms with Crippen LogP contribution in [0, 0.1) is 5.82 Å². The lowest BCUT2D eigenvalue weighted by Crippen LogP contribution is -2.26. The summed E-state index contributed by atoms with van der Waals surface area (Å²) in [6.45, 7) is 0.967. The van der Waals surface area contributed by atoms with Gasteiger partial charge in [0, 0.05) is 20.2 Å². The Hall–Kier alpha value is -3.25. The number of rotatable bonds is 7. The summed E-state index contributed by atoms with van der Waals surface area (Å²) in [4.78, 5) is 19.6. The third-order valence-corrected chi connectivity index (χ3v) is 5.72. The first kappa shape index (κ1) is 22.0. The smallest absolute Gasteiger partial charge is 0.383 e. The molecule has 0 unspecified atom stereocenters. The van der Waals surface area contributed by atoms with Gasteiger partial charge in [-0.05, 0) is 35.9 Å². The third-order valence-electron chi connectivity index (χ3n) is 4.64. The Bertz CT molecular complexity index is 1300. The number of benzene rings is 2. The standard InChI is InChI=1S/C20H16F4N4O3S/c1-30-7-6-28(18-25-15-5-3-12(20(22,23)24)9-16(15)32-18)10-11-2-4-13(14(21)8-11)17-26-19(29)31-27-17/h2-5,8-9H,6-7,10H2,1H3,(H,26,27,29). The molecular formula is C20H16F4N4O3S. The highest BCUT2D eigenvalue weighted by atomic mass is 32.1. The van der Waals surface area contributed by atoms with Gasteiger partial charge in [0.15, 0.2) is 11.0 Å². The van der Waals surface area contributed by atoms with E-state index in [9.17, 15) is 22.4 Å². The Kier molecular flexibility index (Phi) is 5.98. The quantitative estimate of drug-likeness (QED) is 0.404. The van der Waals surface area contributed by atoms with Crippen molar-refractivity contribution in [1.29, 1.82) is 0 Å². The van der Waals surface area contributed by atoms with E-state index in [1.807, 2.05) is 0 Å². The number of thiazole rings is 1. The second-order valence-corrected chi connectivity index (χ2v) is 7.86. The first-order valence-corrected chi connectivity index (χ1v) is 10.1. The van der Waals surface area contributed by atoms with Crippen molar-refractivity contribution in [1.82, 2.24) is 15.1 Å². The van der Waals surface area contributed by atoms with Gasteiger partial charge in [0.2, 0.25) is 0 Å². The molecule has 2 heterocycles. The van der Waals surface area contributed by atoms with Crippen LogP contribution in [0.1, 0.15) is 11.1 Å². The van der Waals surface area contributed by atoms with Crippen LogP contribution in [0.25, 0.3) is 21.6 Å². The molecule has 0 aliphatic carbocycles. The fraction of sp³-hybridized carbons (Fsp3) is 0.250. The average Bonchev–Trinajstić information content (AvgIpc) is 3.36. The van der Waals surface area contributed by atoms with Gasteiger partial charge in [-0.2, -0.15) is 13.2 Å². The van der Waals surface area contributed by atoms with Crippen LogP contribution in [-0.2, 0) is 17.5 Å². The summed E-state index contributed by atoms with van der Waals surface area (Å²) in [6.07, 6.45) is -4.44. The van der Waals surface area contributed by atoms with E-state index in [0.717, 1.165) is 23.5 Å². The molecule has 0 aliphatic heterocycles. The predicted octanol–water partition coefficient (Wildman–Crippen LogP) is 4.45. The SMILES string of the molecule is COCCN(Cc1ccc(-c2noc(=O)[nH]2)c(F)c1)c1nc2ccc(C(F)(F)F)cc2s1. The molecule has 0 bridgehead atoms. The molecule has 4 rings (SSSR count). The maximum atomic E-state index is 14.6. The Morgan fingerprint density at radius 2 is 2.03 bits per heavy atom. The van der Waals surface area contributed by atoms with Gasteiger partial charge in [0.25, 0.3) is 0 Å². The summed E-state index contributed by atoms with van der Waals surface area (Å²) in [6, 6.07) is 7.80. The fourth-order valence-corrected chi connectivity index (χ4v) is 4.11. The summed E-state index contributed by atoms with van der Waals surface area (Å²) in [5, 5.41) is 3.96. The van der Waals surface area contributed by atoms with Gasteiger partial charge in [0.1, 0.15) is 5.82 Å². The fourth-order valence-electron chi connectivity index (χ4n) is 3.08. The van der Waals surface area contributed by atoms with E-state index in [4.69, 9.17) is 4.74 Å². The van der Waals surface area contributed by atoms with Crippen molar-refractivity contribution >= 4 is 26.7 Å². The van der Waals surface area contributed by atoms with Crippen LogP contribution in [-0.4, -0.2) is 35.4 Å². The molecule has 0 amide bonds. The first-order chi connectivity index (χ1) is 15.2. The van der Waals surface area contributed by atoms with Gasteiger partial charge >= 0.3 is 11.9 Å². The molecule has 0 atom stereocenters. The molecular weight excluding hydrogens is 452 g/mol. The van der Waals surface area contributed by atoms with Crippen molar-refractivity contribution in [2.75, 3.05) is 25.2 Å². The number of nitrogens with one attached hydrogen (secondary N) is 1. The summed E-state index contributed by atoms with van der Waals surface area (Å²) in [5.74, 6) is -1.43. The first-order valence-electron chi connectivity index (χ1n) is 9.31.